The fourth-order valence-electron chi connectivity index (χ4n) is 1.04. The highest BCUT2D eigenvalue weighted by molar-refractivity contribution is 5.99. The second-order valence-electron chi connectivity index (χ2n) is 2.30. The molecular formula is C8H5NO3. The molecule has 2 rings (SSSR count). The number of carboxylic acid groups (broad SMARTS) is 1. The molecule has 0 saturated carbocycles. The Kier molecular flexibility index (Phi) is 1.33. The number of fused-ring (bicyclic) bond motifs is 1. The first-order valence-electron chi connectivity index (χ1n) is 3.34. The normalized spacial score (nSPS) is 10.3. The molecule has 0 fully saturated rings. The van der Waals surface area contributed by atoms with Gasteiger partial charge in [-0.1, -0.05) is 0 Å². The van der Waals surface area contributed by atoms with Crippen molar-refractivity contribution in [3.8, 4) is 0 Å². The zero-order valence-electron chi connectivity index (χ0n) is 6.02. The summed E-state index contributed by atoms with van der Waals surface area (Å²) in [5.74, 6) is -1.00. The minimum Gasteiger partial charge on any atom is -0.478 e. The van der Waals surface area contributed by atoms with Gasteiger partial charge in [-0.05, 0) is 6.07 Å². The van der Waals surface area contributed by atoms with Crippen molar-refractivity contribution in [2.45, 2.75) is 0 Å². The first-order chi connectivity index (χ1) is 5.79. The topological polar surface area (TPSA) is 63.3 Å². The Morgan fingerprint density at radius 3 is 3.08 bits per heavy atom. The van der Waals surface area contributed by atoms with Crippen molar-refractivity contribution in [2.24, 2.45) is 0 Å². The lowest BCUT2D eigenvalue weighted by atomic mass is 10.2. The summed E-state index contributed by atoms with van der Waals surface area (Å²) in [4.78, 5) is 14.6. The fraction of sp³-hybridized carbons (Fsp3) is 0. The molecule has 0 aliphatic carbocycles. The largest absolute Gasteiger partial charge is 0.478 e. The number of hydrogen-bond donors (Lipinski definition) is 1. The van der Waals surface area contributed by atoms with Crippen LogP contribution in [0.4, 0.5) is 0 Å². The second-order valence-corrected chi connectivity index (χ2v) is 2.30. The first-order valence-corrected chi connectivity index (χ1v) is 3.34. The van der Waals surface area contributed by atoms with Crippen molar-refractivity contribution >= 4 is 17.1 Å². The quantitative estimate of drug-likeness (QED) is 0.692. The lowest BCUT2D eigenvalue weighted by molar-refractivity contribution is 0.0698. The summed E-state index contributed by atoms with van der Waals surface area (Å²) < 4.78 is 4.97. The van der Waals surface area contributed by atoms with Gasteiger partial charge >= 0.3 is 5.97 Å². The first kappa shape index (κ1) is 6.84. The lowest BCUT2D eigenvalue weighted by Gasteiger charge is -1.92. The van der Waals surface area contributed by atoms with E-state index in [1.807, 2.05) is 0 Å². The maximum Gasteiger partial charge on any atom is 0.339 e. The summed E-state index contributed by atoms with van der Waals surface area (Å²) in [5.41, 5.74) is 1.03. The van der Waals surface area contributed by atoms with Gasteiger partial charge in [-0.2, -0.15) is 0 Å². The molecular weight excluding hydrogens is 158 g/mol. The SMILES string of the molecule is O=C(O)c1ccnc2ccoc12. The molecule has 4 heteroatoms. The molecule has 2 aromatic rings. The van der Waals surface area contributed by atoms with E-state index in [4.69, 9.17) is 9.52 Å². The van der Waals surface area contributed by atoms with Gasteiger partial charge < -0.3 is 9.52 Å². The molecule has 60 valence electrons. The molecule has 0 aliphatic heterocycles. The van der Waals surface area contributed by atoms with Crippen LogP contribution in [0.2, 0.25) is 0 Å². The van der Waals surface area contributed by atoms with E-state index in [-0.39, 0.29) is 5.56 Å². The summed E-state index contributed by atoms with van der Waals surface area (Å²) in [6.45, 7) is 0. The minimum absolute atomic E-state index is 0.144. The number of hydrogen-bond acceptors (Lipinski definition) is 3. The van der Waals surface area contributed by atoms with Crippen molar-refractivity contribution in [2.75, 3.05) is 0 Å². The maximum absolute atomic E-state index is 10.6. The van der Waals surface area contributed by atoms with E-state index in [0.717, 1.165) is 0 Å². The average molecular weight is 163 g/mol. The lowest BCUT2D eigenvalue weighted by Crippen LogP contribution is -1.96. The molecule has 2 heterocycles. The molecule has 0 amide bonds. The molecule has 2 aromatic heterocycles. The molecule has 4 nitrogen and oxygen atoms in total. The molecule has 0 saturated heterocycles. The molecule has 12 heavy (non-hydrogen) atoms. The number of carboxylic acids is 1. The van der Waals surface area contributed by atoms with E-state index in [1.54, 1.807) is 6.07 Å². The van der Waals surface area contributed by atoms with E-state index in [9.17, 15) is 4.79 Å². The Balaban J connectivity index is 2.82. The molecule has 0 aliphatic rings. The van der Waals surface area contributed by atoms with Gasteiger partial charge in [-0.25, -0.2) is 4.79 Å². The Labute approximate surface area is 67.4 Å². The van der Waals surface area contributed by atoms with Gasteiger partial charge in [0.15, 0.2) is 5.58 Å². The minimum atomic E-state index is -1.00. The Hall–Kier alpha value is -1.84. The van der Waals surface area contributed by atoms with Crippen LogP contribution < -0.4 is 0 Å². The summed E-state index contributed by atoms with van der Waals surface area (Å²) >= 11 is 0. The molecule has 0 atom stereocenters. The standard InChI is InChI=1S/C8H5NO3/c10-8(11)5-1-3-9-6-2-4-12-7(5)6/h1-4H,(H,10,11). The number of rotatable bonds is 1. The van der Waals surface area contributed by atoms with Crippen LogP contribution in [0, 0.1) is 0 Å². The molecule has 0 spiro atoms. The molecule has 0 bridgehead atoms. The third-order valence-corrected chi connectivity index (χ3v) is 1.57. The van der Waals surface area contributed by atoms with Gasteiger partial charge in [0.1, 0.15) is 11.1 Å². The highest BCUT2D eigenvalue weighted by Gasteiger charge is 2.10. The van der Waals surface area contributed by atoms with Crippen LogP contribution in [0.5, 0.6) is 0 Å². The van der Waals surface area contributed by atoms with Gasteiger partial charge in [-0.3, -0.25) is 4.98 Å². The number of pyridine rings is 1. The van der Waals surface area contributed by atoms with E-state index in [1.165, 1.54) is 18.5 Å². The monoisotopic (exact) mass is 163 g/mol. The van der Waals surface area contributed by atoms with Crippen molar-refractivity contribution in [3.63, 3.8) is 0 Å². The number of furan rings is 1. The van der Waals surface area contributed by atoms with E-state index < -0.39 is 5.97 Å². The van der Waals surface area contributed by atoms with Gasteiger partial charge in [0, 0.05) is 12.3 Å². The van der Waals surface area contributed by atoms with Crippen molar-refractivity contribution in [3.05, 3.63) is 30.2 Å². The summed E-state index contributed by atoms with van der Waals surface area (Å²) in [6.07, 6.45) is 2.87. The zero-order chi connectivity index (χ0) is 8.55. The van der Waals surface area contributed by atoms with Crippen LogP contribution >= 0.6 is 0 Å². The highest BCUT2D eigenvalue weighted by atomic mass is 16.4. The molecule has 0 radical (unpaired) electrons. The van der Waals surface area contributed by atoms with Gasteiger partial charge in [0.2, 0.25) is 0 Å². The number of nitrogens with zero attached hydrogens (tertiary/aromatic N) is 1. The third kappa shape index (κ3) is 0.852. The summed E-state index contributed by atoms with van der Waals surface area (Å²) in [6, 6.07) is 3.04. The number of carbonyl (C=O) groups is 1. The third-order valence-electron chi connectivity index (χ3n) is 1.57. The van der Waals surface area contributed by atoms with Crippen LogP contribution in [0.25, 0.3) is 11.1 Å². The van der Waals surface area contributed by atoms with Crippen molar-refractivity contribution < 1.29 is 14.3 Å². The summed E-state index contributed by atoms with van der Waals surface area (Å²) in [7, 11) is 0. The molecule has 0 aromatic carbocycles. The van der Waals surface area contributed by atoms with Crippen molar-refractivity contribution in [1.82, 2.24) is 4.98 Å². The summed E-state index contributed by atoms with van der Waals surface area (Å²) in [5, 5.41) is 8.71. The Morgan fingerprint density at radius 2 is 2.33 bits per heavy atom. The number of aromatic nitrogens is 1. The van der Waals surface area contributed by atoms with Crippen LogP contribution in [-0.4, -0.2) is 16.1 Å². The Morgan fingerprint density at radius 1 is 1.50 bits per heavy atom. The van der Waals surface area contributed by atoms with Crippen molar-refractivity contribution in [1.29, 1.82) is 0 Å². The maximum atomic E-state index is 10.6. The zero-order valence-corrected chi connectivity index (χ0v) is 6.02. The van der Waals surface area contributed by atoms with Crippen LogP contribution in [-0.2, 0) is 0 Å². The number of aromatic carboxylic acids is 1. The predicted molar refractivity (Wildman–Crippen MR) is 41.0 cm³/mol. The average Bonchev–Trinajstić information content (AvgIpc) is 2.49. The second kappa shape index (κ2) is 2.34. The van der Waals surface area contributed by atoms with Gasteiger partial charge in [0.25, 0.3) is 0 Å². The van der Waals surface area contributed by atoms with Crippen LogP contribution in [0.15, 0.2) is 29.0 Å². The molecule has 0 unspecified atom stereocenters. The highest BCUT2D eigenvalue weighted by Crippen LogP contribution is 2.16. The van der Waals surface area contributed by atoms with E-state index in [2.05, 4.69) is 4.98 Å². The van der Waals surface area contributed by atoms with Crippen LogP contribution in [0.3, 0.4) is 0 Å². The predicted octanol–water partition coefficient (Wildman–Crippen LogP) is 1.53. The van der Waals surface area contributed by atoms with E-state index in [0.29, 0.717) is 11.1 Å². The fourth-order valence-corrected chi connectivity index (χ4v) is 1.04. The van der Waals surface area contributed by atoms with Crippen LogP contribution in [0.1, 0.15) is 10.4 Å². The smallest absolute Gasteiger partial charge is 0.339 e. The Bertz CT molecular complexity index is 433. The molecule has 1 N–H and O–H groups in total. The van der Waals surface area contributed by atoms with Gasteiger partial charge in [-0.15, -0.1) is 0 Å². The van der Waals surface area contributed by atoms with Gasteiger partial charge in [0.05, 0.1) is 6.26 Å². The van der Waals surface area contributed by atoms with E-state index >= 15 is 0 Å².